The van der Waals surface area contributed by atoms with Crippen molar-refractivity contribution in [3.8, 4) is 0 Å². The predicted molar refractivity (Wildman–Crippen MR) is 84.7 cm³/mol. The van der Waals surface area contributed by atoms with Gasteiger partial charge in [0.1, 0.15) is 0 Å². The molecule has 0 saturated carbocycles. The molecule has 0 aliphatic carbocycles. The minimum absolute atomic E-state index is 0.0836. The number of ether oxygens (including phenoxy) is 1. The molecule has 6 heteroatoms. The highest BCUT2D eigenvalue weighted by atomic mass is 16.5. The molecule has 2 aromatic rings. The van der Waals surface area contributed by atoms with Crippen LogP contribution in [0, 0.1) is 0 Å². The number of Topliss-reactive ketones (excluding diaryl/α,β-unsaturated/α-hetero) is 1. The van der Waals surface area contributed by atoms with Crippen molar-refractivity contribution < 1.29 is 9.53 Å². The van der Waals surface area contributed by atoms with E-state index < -0.39 is 0 Å². The highest BCUT2D eigenvalue weighted by molar-refractivity contribution is 6.05. The van der Waals surface area contributed by atoms with Crippen molar-refractivity contribution >= 4 is 22.6 Å². The van der Waals surface area contributed by atoms with Crippen LogP contribution >= 0.6 is 0 Å². The van der Waals surface area contributed by atoms with Crippen LogP contribution in [0.1, 0.15) is 24.2 Å². The van der Waals surface area contributed by atoms with Crippen LogP contribution < -0.4 is 10.5 Å². The van der Waals surface area contributed by atoms with E-state index in [0.717, 1.165) is 0 Å². The Morgan fingerprint density at radius 1 is 1.32 bits per heavy atom. The summed E-state index contributed by atoms with van der Waals surface area (Å²) < 4.78 is 7.03. The lowest BCUT2D eigenvalue weighted by Gasteiger charge is -2.29. The minimum Gasteiger partial charge on any atom is -0.378 e. The summed E-state index contributed by atoms with van der Waals surface area (Å²) in [6, 6.07) is 5.18. The number of rotatable bonds is 3. The first-order valence-corrected chi connectivity index (χ1v) is 7.50. The van der Waals surface area contributed by atoms with Crippen molar-refractivity contribution in [2.75, 3.05) is 31.2 Å². The smallest absolute Gasteiger partial charge is 0.262 e. The SMILES string of the molecule is CCn1c(N2CCOCC2)nc2c(C(C)=O)cccc2c1=O. The zero-order valence-electron chi connectivity index (χ0n) is 12.8. The summed E-state index contributed by atoms with van der Waals surface area (Å²) >= 11 is 0. The lowest BCUT2D eigenvalue weighted by Crippen LogP contribution is -2.40. The van der Waals surface area contributed by atoms with Crippen LogP contribution in [0.5, 0.6) is 0 Å². The van der Waals surface area contributed by atoms with Gasteiger partial charge in [-0.3, -0.25) is 14.2 Å². The van der Waals surface area contributed by atoms with E-state index in [1.165, 1.54) is 6.92 Å². The van der Waals surface area contributed by atoms with Crippen LogP contribution in [0.4, 0.5) is 5.95 Å². The van der Waals surface area contributed by atoms with Gasteiger partial charge in [0.2, 0.25) is 5.95 Å². The number of hydrogen-bond donors (Lipinski definition) is 0. The normalized spacial score (nSPS) is 15.3. The summed E-state index contributed by atoms with van der Waals surface area (Å²) in [6.45, 7) is 6.58. The average Bonchev–Trinajstić information content (AvgIpc) is 2.55. The molecule has 0 N–H and O–H groups in total. The molecule has 0 radical (unpaired) electrons. The number of carbonyl (C=O) groups is 1. The number of nitrogens with zero attached hydrogens (tertiary/aromatic N) is 3. The fourth-order valence-electron chi connectivity index (χ4n) is 2.81. The highest BCUT2D eigenvalue weighted by Gasteiger charge is 2.20. The molecule has 1 fully saturated rings. The molecule has 3 rings (SSSR count). The molecule has 0 amide bonds. The highest BCUT2D eigenvalue weighted by Crippen LogP contribution is 2.19. The summed E-state index contributed by atoms with van der Waals surface area (Å²) in [4.78, 5) is 31.3. The molecule has 0 bridgehead atoms. The molecular formula is C16H19N3O3. The molecule has 2 heterocycles. The van der Waals surface area contributed by atoms with Crippen molar-refractivity contribution in [2.24, 2.45) is 0 Å². The fourth-order valence-corrected chi connectivity index (χ4v) is 2.81. The Bertz CT molecular complexity index is 776. The maximum atomic E-state index is 12.8. The van der Waals surface area contributed by atoms with Gasteiger partial charge in [-0.05, 0) is 26.0 Å². The Labute approximate surface area is 128 Å². The third-order valence-corrected chi connectivity index (χ3v) is 3.95. The van der Waals surface area contributed by atoms with Gasteiger partial charge in [-0.2, -0.15) is 0 Å². The maximum Gasteiger partial charge on any atom is 0.262 e. The standard InChI is InChI=1S/C16H19N3O3/c1-3-19-15(21)13-6-4-5-12(11(2)20)14(13)17-16(19)18-7-9-22-10-8-18/h4-6H,3,7-10H2,1-2H3. The Hall–Kier alpha value is -2.21. The van der Waals surface area contributed by atoms with Gasteiger partial charge < -0.3 is 9.64 Å². The molecule has 116 valence electrons. The maximum absolute atomic E-state index is 12.8. The average molecular weight is 301 g/mol. The predicted octanol–water partition coefficient (Wildman–Crippen LogP) is 1.46. The number of aromatic nitrogens is 2. The van der Waals surface area contributed by atoms with Gasteiger partial charge in [0.05, 0.1) is 24.1 Å². The largest absolute Gasteiger partial charge is 0.378 e. The summed E-state index contributed by atoms with van der Waals surface area (Å²) in [5.74, 6) is 0.539. The van der Waals surface area contributed by atoms with Gasteiger partial charge in [0.15, 0.2) is 5.78 Å². The van der Waals surface area contributed by atoms with Crippen molar-refractivity contribution in [2.45, 2.75) is 20.4 Å². The first kappa shape index (κ1) is 14.7. The van der Waals surface area contributed by atoms with Crippen LogP contribution in [0.25, 0.3) is 10.9 Å². The van der Waals surface area contributed by atoms with E-state index >= 15 is 0 Å². The monoisotopic (exact) mass is 301 g/mol. The summed E-state index contributed by atoms with van der Waals surface area (Å²) in [5.41, 5.74) is 0.885. The van der Waals surface area contributed by atoms with Gasteiger partial charge in [0.25, 0.3) is 5.56 Å². The third kappa shape index (κ3) is 2.39. The molecule has 1 aliphatic heterocycles. The molecule has 0 spiro atoms. The van der Waals surface area contributed by atoms with Crippen molar-refractivity contribution in [1.29, 1.82) is 0 Å². The number of fused-ring (bicyclic) bond motifs is 1. The minimum atomic E-state index is -0.0999. The van der Waals surface area contributed by atoms with Gasteiger partial charge in [-0.1, -0.05) is 6.07 Å². The van der Waals surface area contributed by atoms with E-state index in [2.05, 4.69) is 4.98 Å². The zero-order chi connectivity index (χ0) is 15.7. The van der Waals surface area contributed by atoms with Crippen molar-refractivity contribution in [3.05, 3.63) is 34.1 Å². The van der Waals surface area contributed by atoms with Crippen LogP contribution in [0.2, 0.25) is 0 Å². The van der Waals surface area contributed by atoms with E-state index in [-0.39, 0.29) is 11.3 Å². The molecule has 0 atom stereocenters. The molecule has 1 aliphatic rings. The first-order chi connectivity index (χ1) is 10.6. The Kier molecular flexibility index (Phi) is 3.94. The molecule has 1 aromatic heterocycles. The molecule has 6 nitrogen and oxygen atoms in total. The second kappa shape index (κ2) is 5.88. The molecule has 1 aromatic carbocycles. The Morgan fingerprint density at radius 3 is 2.68 bits per heavy atom. The number of hydrogen-bond acceptors (Lipinski definition) is 5. The lowest BCUT2D eigenvalue weighted by molar-refractivity contribution is 0.101. The number of ketones is 1. The Balaban J connectivity index is 2.28. The quantitative estimate of drug-likeness (QED) is 0.803. The van der Waals surface area contributed by atoms with Crippen LogP contribution in [0.15, 0.2) is 23.0 Å². The third-order valence-electron chi connectivity index (χ3n) is 3.95. The molecular weight excluding hydrogens is 282 g/mol. The first-order valence-electron chi connectivity index (χ1n) is 7.50. The molecule has 22 heavy (non-hydrogen) atoms. The Morgan fingerprint density at radius 2 is 2.05 bits per heavy atom. The van der Waals surface area contributed by atoms with Gasteiger partial charge in [0, 0.05) is 25.2 Å². The van der Waals surface area contributed by atoms with Crippen molar-refractivity contribution in [1.82, 2.24) is 9.55 Å². The zero-order valence-corrected chi connectivity index (χ0v) is 12.8. The fraction of sp³-hybridized carbons (Fsp3) is 0.438. The van der Waals surface area contributed by atoms with Crippen LogP contribution in [-0.2, 0) is 11.3 Å². The van der Waals surface area contributed by atoms with E-state index in [9.17, 15) is 9.59 Å². The van der Waals surface area contributed by atoms with E-state index in [1.807, 2.05) is 11.8 Å². The van der Waals surface area contributed by atoms with Gasteiger partial charge >= 0.3 is 0 Å². The molecule has 0 unspecified atom stereocenters. The number of carbonyl (C=O) groups excluding carboxylic acids is 1. The number of anilines is 1. The summed E-state index contributed by atoms with van der Waals surface area (Å²) in [6.07, 6.45) is 0. The lowest BCUT2D eigenvalue weighted by atomic mass is 10.1. The van der Waals surface area contributed by atoms with Crippen LogP contribution in [0.3, 0.4) is 0 Å². The molecule has 1 saturated heterocycles. The van der Waals surface area contributed by atoms with Crippen molar-refractivity contribution in [3.63, 3.8) is 0 Å². The van der Waals surface area contributed by atoms with Gasteiger partial charge in [-0.25, -0.2) is 4.98 Å². The second-order valence-electron chi connectivity index (χ2n) is 5.32. The van der Waals surface area contributed by atoms with Gasteiger partial charge in [-0.15, -0.1) is 0 Å². The van der Waals surface area contributed by atoms with E-state index in [4.69, 9.17) is 4.74 Å². The van der Waals surface area contributed by atoms with E-state index in [1.54, 1.807) is 22.8 Å². The van der Waals surface area contributed by atoms with Crippen LogP contribution in [-0.4, -0.2) is 41.6 Å². The summed E-state index contributed by atoms with van der Waals surface area (Å²) in [7, 11) is 0. The number of morpholine rings is 1. The summed E-state index contributed by atoms with van der Waals surface area (Å²) in [5, 5.41) is 0.492. The number of benzene rings is 1. The second-order valence-corrected chi connectivity index (χ2v) is 5.32. The topological polar surface area (TPSA) is 64.4 Å². The number of para-hydroxylation sites is 1. The van der Waals surface area contributed by atoms with E-state index in [0.29, 0.717) is 55.3 Å².